The van der Waals surface area contributed by atoms with Gasteiger partial charge in [0.25, 0.3) is 11.6 Å². The number of hydrogen-bond donors (Lipinski definition) is 3. The Bertz CT molecular complexity index is 948. The maximum Gasteiger partial charge on any atom is 0.405 e. The third-order valence-corrected chi connectivity index (χ3v) is 3.99. The summed E-state index contributed by atoms with van der Waals surface area (Å²) in [4.78, 5) is 34.5. The third-order valence-electron chi connectivity index (χ3n) is 3.99. The van der Waals surface area contributed by atoms with Crippen LogP contribution in [-0.4, -0.2) is 36.0 Å². The minimum absolute atomic E-state index is 0.0295. The maximum absolute atomic E-state index is 12.2. The highest BCUT2D eigenvalue weighted by molar-refractivity contribution is 5.97. The van der Waals surface area contributed by atoms with E-state index in [1.807, 2.05) is 0 Å². The molecule has 0 atom stereocenters. The summed E-state index contributed by atoms with van der Waals surface area (Å²) in [6.07, 6.45) is -4.56. The van der Waals surface area contributed by atoms with Crippen molar-refractivity contribution in [1.29, 1.82) is 0 Å². The van der Waals surface area contributed by atoms with E-state index in [4.69, 9.17) is 0 Å². The molecule has 0 aliphatic heterocycles. The van der Waals surface area contributed by atoms with Gasteiger partial charge in [-0.1, -0.05) is 18.2 Å². The molecule has 11 heteroatoms. The van der Waals surface area contributed by atoms with Crippen molar-refractivity contribution < 1.29 is 27.7 Å². The van der Waals surface area contributed by atoms with Crippen molar-refractivity contribution in [2.75, 3.05) is 23.7 Å². The molecule has 0 aromatic heterocycles. The number of alkyl halides is 3. The molecule has 0 heterocycles. The number of para-hydroxylation sites is 2. The predicted molar refractivity (Wildman–Crippen MR) is 104 cm³/mol. The third kappa shape index (κ3) is 6.76. The van der Waals surface area contributed by atoms with Crippen LogP contribution in [0, 0.1) is 17.0 Å². The molecule has 2 aromatic carbocycles. The first-order valence-corrected chi connectivity index (χ1v) is 8.79. The van der Waals surface area contributed by atoms with Crippen LogP contribution in [0.4, 0.5) is 30.2 Å². The molecule has 0 fully saturated rings. The van der Waals surface area contributed by atoms with Crippen LogP contribution in [0.3, 0.4) is 0 Å². The maximum atomic E-state index is 12.2. The van der Waals surface area contributed by atoms with E-state index in [1.54, 1.807) is 18.3 Å². The van der Waals surface area contributed by atoms with Crippen molar-refractivity contribution in [3.8, 4) is 0 Å². The van der Waals surface area contributed by atoms with Crippen LogP contribution in [0.15, 0.2) is 42.5 Å². The van der Waals surface area contributed by atoms with E-state index in [9.17, 15) is 32.9 Å². The normalized spacial score (nSPS) is 10.9. The van der Waals surface area contributed by atoms with Crippen LogP contribution in [0.1, 0.15) is 22.3 Å². The van der Waals surface area contributed by atoms with Crippen molar-refractivity contribution in [2.45, 2.75) is 19.5 Å². The Kier molecular flexibility index (Phi) is 7.34. The molecule has 0 bridgehead atoms. The number of nitro groups is 1. The summed E-state index contributed by atoms with van der Waals surface area (Å²) in [5.74, 6) is -1.35. The molecule has 0 unspecified atom stereocenters. The van der Waals surface area contributed by atoms with Gasteiger partial charge in [-0.3, -0.25) is 19.7 Å². The first kappa shape index (κ1) is 22.7. The van der Waals surface area contributed by atoms with Gasteiger partial charge in [0, 0.05) is 30.3 Å². The van der Waals surface area contributed by atoms with Crippen LogP contribution < -0.4 is 16.0 Å². The topological polar surface area (TPSA) is 113 Å². The number of nitro benzene ring substituents is 1. The van der Waals surface area contributed by atoms with Crippen molar-refractivity contribution in [2.24, 2.45) is 0 Å². The smallest absolute Gasteiger partial charge is 0.379 e. The number of amides is 2. The van der Waals surface area contributed by atoms with Gasteiger partial charge in [0.15, 0.2) is 0 Å². The van der Waals surface area contributed by atoms with Gasteiger partial charge in [-0.15, -0.1) is 0 Å². The molecule has 0 aliphatic carbocycles. The molecule has 0 radical (unpaired) electrons. The number of nitrogens with zero attached hydrogens (tertiary/aromatic N) is 1. The number of benzene rings is 2. The van der Waals surface area contributed by atoms with Gasteiger partial charge in [-0.2, -0.15) is 13.2 Å². The lowest BCUT2D eigenvalue weighted by Crippen LogP contribution is -2.33. The molecule has 8 nitrogen and oxygen atoms in total. The Hall–Kier alpha value is -3.63. The highest BCUT2D eigenvalue weighted by Gasteiger charge is 2.28. The fraction of sp³-hybridized carbons (Fsp3) is 0.263. The van der Waals surface area contributed by atoms with Gasteiger partial charge in [0.05, 0.1) is 4.92 Å². The molecule has 0 aliphatic rings. The lowest BCUT2D eigenvalue weighted by atomic mass is 10.1. The number of halogens is 3. The van der Waals surface area contributed by atoms with Crippen LogP contribution in [-0.2, 0) is 4.79 Å². The fourth-order valence-corrected chi connectivity index (χ4v) is 2.49. The van der Waals surface area contributed by atoms with E-state index in [0.29, 0.717) is 5.56 Å². The number of anilines is 2. The van der Waals surface area contributed by atoms with Gasteiger partial charge in [0.2, 0.25) is 5.91 Å². The summed E-state index contributed by atoms with van der Waals surface area (Å²) >= 11 is 0. The van der Waals surface area contributed by atoms with Gasteiger partial charge in [0.1, 0.15) is 12.2 Å². The number of rotatable bonds is 8. The predicted octanol–water partition coefficient (Wildman–Crippen LogP) is 3.64. The summed E-state index contributed by atoms with van der Waals surface area (Å²) in [5, 5.41) is 18.1. The minimum atomic E-state index is -4.53. The molecule has 0 spiro atoms. The number of carbonyl (C=O) groups excluding carboxylic acids is 2. The Morgan fingerprint density at radius 2 is 1.80 bits per heavy atom. The van der Waals surface area contributed by atoms with Crippen molar-refractivity contribution >= 4 is 28.9 Å². The molecule has 160 valence electrons. The molecular formula is C19H19F3N4O4. The van der Waals surface area contributed by atoms with Gasteiger partial charge < -0.3 is 16.0 Å². The van der Waals surface area contributed by atoms with E-state index in [0.717, 1.165) is 0 Å². The number of hydrogen-bond acceptors (Lipinski definition) is 5. The Labute approximate surface area is 169 Å². The fourth-order valence-electron chi connectivity index (χ4n) is 2.49. The molecule has 3 N–H and O–H groups in total. The Morgan fingerprint density at radius 1 is 1.10 bits per heavy atom. The highest BCUT2D eigenvalue weighted by Crippen LogP contribution is 2.23. The van der Waals surface area contributed by atoms with Gasteiger partial charge in [-0.05, 0) is 30.7 Å². The average Bonchev–Trinajstić information content (AvgIpc) is 2.67. The van der Waals surface area contributed by atoms with E-state index in [-0.39, 0.29) is 35.6 Å². The lowest BCUT2D eigenvalue weighted by Gasteiger charge is -2.12. The number of aryl methyl sites for hydroxylation is 1. The molecule has 2 amide bonds. The highest BCUT2D eigenvalue weighted by atomic mass is 19.4. The summed E-state index contributed by atoms with van der Waals surface area (Å²) in [5.41, 5.74) is 1.02. The first-order valence-electron chi connectivity index (χ1n) is 8.79. The second-order valence-electron chi connectivity index (χ2n) is 6.33. The van der Waals surface area contributed by atoms with Gasteiger partial charge >= 0.3 is 6.18 Å². The molecule has 30 heavy (non-hydrogen) atoms. The zero-order valence-corrected chi connectivity index (χ0v) is 15.9. The van der Waals surface area contributed by atoms with Crippen LogP contribution >= 0.6 is 0 Å². The quantitative estimate of drug-likeness (QED) is 0.442. The average molecular weight is 424 g/mol. The molecule has 2 rings (SSSR count). The largest absolute Gasteiger partial charge is 0.405 e. The van der Waals surface area contributed by atoms with E-state index in [2.05, 4.69) is 10.6 Å². The van der Waals surface area contributed by atoms with Crippen LogP contribution in [0.5, 0.6) is 0 Å². The summed E-state index contributed by atoms with van der Waals surface area (Å²) < 4.78 is 36.7. The lowest BCUT2D eigenvalue weighted by molar-refractivity contribution is -0.384. The summed E-state index contributed by atoms with van der Waals surface area (Å²) in [6, 6.07) is 10.1. The monoisotopic (exact) mass is 424 g/mol. The molecule has 0 saturated carbocycles. The van der Waals surface area contributed by atoms with Crippen molar-refractivity contribution in [1.82, 2.24) is 5.32 Å². The zero-order valence-electron chi connectivity index (χ0n) is 15.9. The summed E-state index contributed by atoms with van der Waals surface area (Å²) in [7, 11) is 0. The van der Waals surface area contributed by atoms with E-state index < -0.39 is 29.5 Å². The summed E-state index contributed by atoms with van der Waals surface area (Å²) in [6.45, 7) is 0.318. The first-order chi connectivity index (χ1) is 14.1. The second kappa shape index (κ2) is 9.72. The molecule has 2 aromatic rings. The molecular weight excluding hydrogens is 405 g/mol. The SMILES string of the molecule is Cc1ccc(C(=O)NCC(F)(F)F)cc1NC(=O)CCNc1ccccc1[N+](=O)[O-]. The number of nitrogens with one attached hydrogen (secondary N) is 3. The van der Waals surface area contributed by atoms with E-state index in [1.165, 1.54) is 36.4 Å². The minimum Gasteiger partial charge on any atom is -0.379 e. The second-order valence-corrected chi connectivity index (χ2v) is 6.33. The van der Waals surface area contributed by atoms with Gasteiger partial charge in [-0.25, -0.2) is 0 Å². The van der Waals surface area contributed by atoms with Crippen LogP contribution in [0.2, 0.25) is 0 Å². The van der Waals surface area contributed by atoms with Crippen LogP contribution in [0.25, 0.3) is 0 Å². The Morgan fingerprint density at radius 3 is 2.47 bits per heavy atom. The molecule has 0 saturated heterocycles. The zero-order chi connectivity index (χ0) is 22.3. The Balaban J connectivity index is 1.95. The van der Waals surface area contributed by atoms with Crippen molar-refractivity contribution in [3.05, 3.63) is 63.7 Å². The van der Waals surface area contributed by atoms with E-state index >= 15 is 0 Å². The van der Waals surface area contributed by atoms with Crippen molar-refractivity contribution in [3.63, 3.8) is 0 Å². The standard InChI is InChI=1S/C19H19F3N4O4/c1-12-6-7-13(18(28)24-11-19(20,21)22)10-15(12)25-17(27)8-9-23-14-4-2-3-5-16(14)26(29)30/h2-7,10,23H,8-9,11H2,1H3,(H,24,28)(H,25,27). The number of carbonyl (C=O) groups is 2.